The van der Waals surface area contributed by atoms with Crippen LogP contribution in [-0.2, 0) is 5.41 Å². The smallest absolute Gasteiger partial charge is 0.00953 e. The summed E-state index contributed by atoms with van der Waals surface area (Å²) in [6, 6.07) is 12.2. The summed E-state index contributed by atoms with van der Waals surface area (Å²) < 4.78 is 0. The first-order chi connectivity index (χ1) is 9.88. The first-order valence-corrected chi connectivity index (χ1v) is 8.70. The van der Waals surface area contributed by atoms with E-state index in [1.807, 2.05) is 0 Å². The summed E-state index contributed by atoms with van der Waals surface area (Å²) in [7, 11) is 0. The maximum atomic E-state index is 3.92. The molecule has 1 aromatic carbocycles. The van der Waals surface area contributed by atoms with Crippen LogP contribution in [0, 0.1) is 11.8 Å². The summed E-state index contributed by atoms with van der Waals surface area (Å²) in [5, 5.41) is 3.92. The Labute approximate surface area is 131 Å². The second-order valence-corrected chi connectivity index (χ2v) is 8.02. The largest absolute Gasteiger partial charge is 0.311 e. The molecule has 0 amide bonds. The number of nitrogens with one attached hydrogen (secondary N) is 1. The standard InChI is InChI=1S/C20H33N/c1-15-11-12-19(16(2)13-15)21-17(3)14-20(4,5)18-9-7-6-8-10-18/h6-10,15-17,19,21H,11-14H2,1-5H3. The molecule has 0 aromatic heterocycles. The zero-order valence-corrected chi connectivity index (χ0v) is 14.5. The van der Waals surface area contributed by atoms with Gasteiger partial charge in [-0.3, -0.25) is 0 Å². The summed E-state index contributed by atoms with van der Waals surface area (Å²) >= 11 is 0. The maximum Gasteiger partial charge on any atom is 0.00953 e. The van der Waals surface area contributed by atoms with Gasteiger partial charge < -0.3 is 5.32 Å². The lowest BCUT2D eigenvalue weighted by molar-refractivity contribution is 0.207. The van der Waals surface area contributed by atoms with Crippen molar-refractivity contribution in [3.63, 3.8) is 0 Å². The fourth-order valence-corrected chi connectivity index (χ4v) is 4.11. The summed E-state index contributed by atoms with van der Waals surface area (Å²) in [5.41, 5.74) is 1.68. The van der Waals surface area contributed by atoms with Gasteiger partial charge in [-0.1, -0.05) is 58.0 Å². The second kappa shape index (κ2) is 6.96. The van der Waals surface area contributed by atoms with Gasteiger partial charge in [0.25, 0.3) is 0 Å². The van der Waals surface area contributed by atoms with Gasteiger partial charge in [-0.05, 0) is 55.4 Å². The van der Waals surface area contributed by atoms with Crippen LogP contribution in [0.2, 0.25) is 0 Å². The molecule has 1 heteroatoms. The number of benzene rings is 1. The second-order valence-electron chi connectivity index (χ2n) is 8.02. The third kappa shape index (κ3) is 4.57. The van der Waals surface area contributed by atoms with Gasteiger partial charge in [-0.15, -0.1) is 0 Å². The molecule has 4 unspecified atom stereocenters. The van der Waals surface area contributed by atoms with Crippen LogP contribution in [0.1, 0.15) is 65.9 Å². The summed E-state index contributed by atoms with van der Waals surface area (Å²) in [6.45, 7) is 11.9. The van der Waals surface area contributed by atoms with Crippen molar-refractivity contribution in [1.29, 1.82) is 0 Å². The highest BCUT2D eigenvalue weighted by atomic mass is 15.0. The van der Waals surface area contributed by atoms with Crippen molar-refractivity contribution in [2.24, 2.45) is 11.8 Å². The van der Waals surface area contributed by atoms with Gasteiger partial charge in [0, 0.05) is 12.1 Å². The highest BCUT2D eigenvalue weighted by Gasteiger charge is 2.28. The highest BCUT2D eigenvalue weighted by Crippen LogP contribution is 2.31. The van der Waals surface area contributed by atoms with E-state index in [-0.39, 0.29) is 5.41 Å². The summed E-state index contributed by atoms with van der Waals surface area (Å²) in [4.78, 5) is 0. The van der Waals surface area contributed by atoms with Crippen LogP contribution in [0.25, 0.3) is 0 Å². The van der Waals surface area contributed by atoms with Gasteiger partial charge in [-0.2, -0.15) is 0 Å². The zero-order valence-electron chi connectivity index (χ0n) is 14.5. The highest BCUT2D eigenvalue weighted by molar-refractivity contribution is 5.23. The van der Waals surface area contributed by atoms with E-state index < -0.39 is 0 Å². The molecule has 1 aromatic rings. The molecule has 1 fully saturated rings. The average Bonchev–Trinajstić information content (AvgIpc) is 2.42. The minimum Gasteiger partial charge on any atom is -0.311 e. The van der Waals surface area contributed by atoms with Crippen LogP contribution in [0.4, 0.5) is 0 Å². The predicted octanol–water partition coefficient (Wildman–Crippen LogP) is 5.16. The molecule has 1 aliphatic rings. The zero-order chi connectivity index (χ0) is 15.5. The molecule has 0 heterocycles. The lowest BCUT2D eigenvalue weighted by Gasteiger charge is -2.37. The van der Waals surface area contributed by atoms with E-state index in [2.05, 4.69) is 70.3 Å². The van der Waals surface area contributed by atoms with Crippen molar-refractivity contribution in [3.8, 4) is 0 Å². The van der Waals surface area contributed by atoms with E-state index in [1.165, 1.54) is 31.2 Å². The molecule has 2 rings (SSSR count). The molecule has 0 spiro atoms. The van der Waals surface area contributed by atoms with Crippen LogP contribution in [0.15, 0.2) is 30.3 Å². The van der Waals surface area contributed by atoms with Gasteiger partial charge in [0.05, 0.1) is 0 Å². The monoisotopic (exact) mass is 287 g/mol. The quantitative estimate of drug-likeness (QED) is 0.789. The Morgan fingerprint density at radius 3 is 2.43 bits per heavy atom. The molecule has 0 radical (unpaired) electrons. The fraction of sp³-hybridized carbons (Fsp3) is 0.700. The van der Waals surface area contributed by atoms with Crippen molar-refractivity contribution < 1.29 is 0 Å². The first-order valence-electron chi connectivity index (χ1n) is 8.70. The molecule has 1 aliphatic carbocycles. The molecule has 1 nitrogen and oxygen atoms in total. The molecular formula is C20H33N. The summed E-state index contributed by atoms with van der Waals surface area (Å²) in [6.07, 6.45) is 5.30. The van der Waals surface area contributed by atoms with Gasteiger partial charge >= 0.3 is 0 Å². The van der Waals surface area contributed by atoms with Crippen LogP contribution < -0.4 is 5.32 Å². The van der Waals surface area contributed by atoms with Crippen LogP contribution >= 0.6 is 0 Å². The Morgan fingerprint density at radius 2 is 1.81 bits per heavy atom. The van der Waals surface area contributed by atoms with Crippen LogP contribution in [0.3, 0.4) is 0 Å². The van der Waals surface area contributed by atoms with Crippen molar-refractivity contribution in [2.75, 3.05) is 0 Å². The fourth-order valence-electron chi connectivity index (χ4n) is 4.11. The minimum atomic E-state index is 0.235. The normalized spacial score (nSPS) is 28.3. The topological polar surface area (TPSA) is 12.0 Å². The minimum absolute atomic E-state index is 0.235. The number of hydrogen-bond acceptors (Lipinski definition) is 1. The molecule has 0 saturated heterocycles. The molecule has 21 heavy (non-hydrogen) atoms. The van der Waals surface area contributed by atoms with Crippen molar-refractivity contribution >= 4 is 0 Å². The van der Waals surface area contributed by atoms with Gasteiger partial charge in [0.15, 0.2) is 0 Å². The van der Waals surface area contributed by atoms with Crippen LogP contribution in [-0.4, -0.2) is 12.1 Å². The molecule has 0 aliphatic heterocycles. The van der Waals surface area contributed by atoms with Crippen molar-refractivity contribution in [3.05, 3.63) is 35.9 Å². The van der Waals surface area contributed by atoms with Gasteiger partial charge in [0.1, 0.15) is 0 Å². The van der Waals surface area contributed by atoms with Crippen molar-refractivity contribution in [2.45, 2.75) is 77.8 Å². The Morgan fingerprint density at radius 1 is 1.14 bits per heavy atom. The Kier molecular flexibility index (Phi) is 5.48. The van der Waals surface area contributed by atoms with Gasteiger partial charge in [-0.25, -0.2) is 0 Å². The van der Waals surface area contributed by atoms with Crippen LogP contribution in [0.5, 0.6) is 0 Å². The molecule has 4 atom stereocenters. The molecule has 1 saturated carbocycles. The predicted molar refractivity (Wildman–Crippen MR) is 92.6 cm³/mol. The maximum absolute atomic E-state index is 3.92. The van der Waals surface area contributed by atoms with E-state index in [0.29, 0.717) is 12.1 Å². The van der Waals surface area contributed by atoms with E-state index in [0.717, 1.165) is 11.8 Å². The first kappa shape index (κ1) is 16.5. The Hall–Kier alpha value is -0.820. The SMILES string of the molecule is CC1CCC(NC(C)CC(C)(C)c2ccccc2)C(C)C1. The van der Waals surface area contributed by atoms with E-state index in [1.54, 1.807) is 0 Å². The van der Waals surface area contributed by atoms with Gasteiger partial charge in [0.2, 0.25) is 0 Å². The molecular weight excluding hydrogens is 254 g/mol. The summed E-state index contributed by atoms with van der Waals surface area (Å²) in [5.74, 6) is 1.73. The lowest BCUT2D eigenvalue weighted by Crippen LogP contribution is -2.45. The Bertz CT molecular complexity index is 423. The average molecular weight is 287 g/mol. The number of rotatable bonds is 5. The number of hydrogen-bond donors (Lipinski definition) is 1. The molecule has 0 bridgehead atoms. The lowest BCUT2D eigenvalue weighted by atomic mass is 9.77. The third-order valence-electron chi connectivity index (χ3n) is 5.30. The van der Waals surface area contributed by atoms with Crippen molar-refractivity contribution in [1.82, 2.24) is 5.32 Å². The van der Waals surface area contributed by atoms with E-state index in [9.17, 15) is 0 Å². The molecule has 1 N–H and O–H groups in total. The molecule has 118 valence electrons. The van der Waals surface area contributed by atoms with E-state index in [4.69, 9.17) is 0 Å². The third-order valence-corrected chi connectivity index (χ3v) is 5.30. The Balaban J connectivity index is 1.91. The van der Waals surface area contributed by atoms with E-state index >= 15 is 0 Å².